The zero-order valence-corrected chi connectivity index (χ0v) is 13.8. The largest absolute Gasteiger partial charge is 0.340 e. The third kappa shape index (κ3) is 5.73. The molecule has 1 aromatic carbocycles. The molecule has 130 valence electrons. The van der Waals surface area contributed by atoms with Crippen LogP contribution in [0.3, 0.4) is 0 Å². The van der Waals surface area contributed by atoms with Gasteiger partial charge in [0.1, 0.15) is 11.6 Å². The second-order valence-electron chi connectivity index (χ2n) is 5.91. The number of anilines is 1. The highest BCUT2D eigenvalue weighted by Crippen LogP contribution is 2.09. The molecule has 0 aliphatic carbocycles. The van der Waals surface area contributed by atoms with Crippen LogP contribution in [0.4, 0.5) is 10.1 Å². The number of rotatable bonds is 6. The number of hydrogen-bond donors (Lipinski definition) is 1. The smallest absolute Gasteiger partial charge is 0.238 e. The van der Waals surface area contributed by atoms with Crippen LogP contribution in [0.2, 0.25) is 0 Å². The van der Waals surface area contributed by atoms with Crippen LogP contribution in [-0.2, 0) is 14.4 Å². The molecule has 24 heavy (non-hydrogen) atoms. The molecular weight excluding hydrogens is 313 g/mol. The number of nitrogens with zero attached hydrogens (tertiary/aromatic N) is 2. The molecule has 2 amide bonds. The molecule has 0 atom stereocenters. The number of benzene rings is 1. The minimum Gasteiger partial charge on any atom is -0.340 e. The Labute approximate surface area is 140 Å². The molecule has 1 aliphatic rings. The monoisotopic (exact) mass is 335 g/mol. The molecule has 1 aromatic rings. The topological polar surface area (TPSA) is 69.7 Å². The van der Waals surface area contributed by atoms with Crippen LogP contribution in [0.15, 0.2) is 24.3 Å². The van der Waals surface area contributed by atoms with Crippen LogP contribution in [0.5, 0.6) is 0 Å². The van der Waals surface area contributed by atoms with Crippen molar-refractivity contribution in [3.05, 3.63) is 30.1 Å². The first-order valence-corrected chi connectivity index (χ1v) is 7.99. The van der Waals surface area contributed by atoms with E-state index in [0.717, 1.165) is 0 Å². The van der Waals surface area contributed by atoms with Gasteiger partial charge in [-0.3, -0.25) is 14.5 Å². The highest BCUT2D eigenvalue weighted by Gasteiger charge is 2.22. The third-order valence-corrected chi connectivity index (χ3v) is 3.91. The minimum atomic E-state index is -0.349. The SMILES string of the molecule is CC(=O)CCC(=O)N1CCN(CC(=O)Nc2ccc(F)cc2)CC1. The van der Waals surface area contributed by atoms with E-state index in [1.807, 2.05) is 4.90 Å². The summed E-state index contributed by atoms with van der Waals surface area (Å²) in [6.45, 7) is 4.05. The number of halogens is 1. The maximum atomic E-state index is 12.8. The van der Waals surface area contributed by atoms with Crippen molar-refractivity contribution < 1.29 is 18.8 Å². The van der Waals surface area contributed by atoms with E-state index in [4.69, 9.17) is 0 Å². The second kappa shape index (κ2) is 8.54. The van der Waals surface area contributed by atoms with Crippen LogP contribution >= 0.6 is 0 Å². The molecule has 6 nitrogen and oxygen atoms in total. The normalized spacial score (nSPS) is 15.2. The Hall–Kier alpha value is -2.28. The minimum absolute atomic E-state index is 0.0133. The van der Waals surface area contributed by atoms with Crippen LogP contribution < -0.4 is 5.32 Å². The van der Waals surface area contributed by atoms with E-state index >= 15 is 0 Å². The maximum absolute atomic E-state index is 12.8. The van der Waals surface area contributed by atoms with Crippen molar-refractivity contribution in [1.82, 2.24) is 9.80 Å². The Morgan fingerprint density at radius 1 is 1.04 bits per heavy atom. The predicted octanol–water partition coefficient (Wildman–Crippen LogP) is 1.28. The summed E-state index contributed by atoms with van der Waals surface area (Å²) in [5.41, 5.74) is 0.555. The Morgan fingerprint density at radius 3 is 2.25 bits per heavy atom. The van der Waals surface area contributed by atoms with E-state index < -0.39 is 0 Å². The van der Waals surface area contributed by atoms with Gasteiger partial charge in [-0.1, -0.05) is 0 Å². The summed E-state index contributed by atoms with van der Waals surface area (Å²) >= 11 is 0. The number of carbonyl (C=O) groups excluding carboxylic acids is 3. The van der Waals surface area contributed by atoms with Crippen LogP contribution in [0.25, 0.3) is 0 Å². The molecule has 0 unspecified atom stereocenters. The van der Waals surface area contributed by atoms with Crippen molar-refractivity contribution in [2.45, 2.75) is 19.8 Å². The zero-order valence-electron chi connectivity index (χ0n) is 13.8. The predicted molar refractivity (Wildman–Crippen MR) is 88.0 cm³/mol. The number of piperazine rings is 1. The lowest BCUT2D eigenvalue weighted by Crippen LogP contribution is -2.50. The standard InChI is InChI=1S/C17H22FN3O3/c1-13(22)2-7-17(24)21-10-8-20(9-11-21)12-16(23)19-15-5-3-14(18)4-6-15/h3-6H,2,7-12H2,1H3,(H,19,23). The van der Waals surface area contributed by atoms with E-state index in [1.165, 1.54) is 31.2 Å². The quantitative estimate of drug-likeness (QED) is 0.850. The van der Waals surface area contributed by atoms with Crippen LogP contribution in [0, 0.1) is 5.82 Å². The molecule has 1 N–H and O–H groups in total. The van der Waals surface area contributed by atoms with Crippen molar-refractivity contribution in [2.24, 2.45) is 0 Å². The summed E-state index contributed by atoms with van der Waals surface area (Å²) in [6.07, 6.45) is 0.527. The number of Topliss-reactive ketones (excluding diaryl/α,β-unsaturated/α-hetero) is 1. The van der Waals surface area contributed by atoms with Gasteiger partial charge in [0, 0.05) is 44.7 Å². The van der Waals surface area contributed by atoms with Gasteiger partial charge in [-0.05, 0) is 31.2 Å². The van der Waals surface area contributed by atoms with E-state index in [9.17, 15) is 18.8 Å². The van der Waals surface area contributed by atoms with Gasteiger partial charge in [0.05, 0.1) is 6.54 Å². The molecule has 0 radical (unpaired) electrons. The molecule has 0 spiro atoms. The number of amides is 2. The molecule has 2 rings (SSSR count). The van der Waals surface area contributed by atoms with Crippen molar-refractivity contribution >= 4 is 23.3 Å². The molecule has 7 heteroatoms. The Bertz CT molecular complexity index is 596. The molecule has 1 saturated heterocycles. The number of ketones is 1. The average Bonchev–Trinajstić information content (AvgIpc) is 2.55. The van der Waals surface area contributed by atoms with Crippen molar-refractivity contribution in [2.75, 3.05) is 38.0 Å². The van der Waals surface area contributed by atoms with Crippen LogP contribution in [-0.4, -0.2) is 60.1 Å². The average molecular weight is 335 g/mol. The Balaban J connectivity index is 1.72. The lowest BCUT2D eigenvalue weighted by atomic mass is 10.2. The highest BCUT2D eigenvalue weighted by molar-refractivity contribution is 5.92. The summed E-state index contributed by atoms with van der Waals surface area (Å²) in [5.74, 6) is -0.517. The van der Waals surface area contributed by atoms with Gasteiger partial charge in [0.2, 0.25) is 11.8 Å². The first kappa shape index (κ1) is 18.1. The van der Waals surface area contributed by atoms with Gasteiger partial charge >= 0.3 is 0 Å². The molecule has 0 aromatic heterocycles. The first-order chi connectivity index (χ1) is 11.4. The maximum Gasteiger partial charge on any atom is 0.238 e. The van der Waals surface area contributed by atoms with Crippen LogP contribution in [0.1, 0.15) is 19.8 Å². The first-order valence-electron chi connectivity index (χ1n) is 7.99. The lowest BCUT2D eigenvalue weighted by molar-refractivity contribution is -0.134. The zero-order chi connectivity index (χ0) is 17.5. The fraction of sp³-hybridized carbons (Fsp3) is 0.471. The van der Waals surface area contributed by atoms with Gasteiger partial charge in [-0.15, -0.1) is 0 Å². The molecule has 0 saturated carbocycles. The second-order valence-corrected chi connectivity index (χ2v) is 5.91. The summed E-state index contributed by atoms with van der Waals surface area (Å²) in [4.78, 5) is 38.6. The van der Waals surface area contributed by atoms with Gasteiger partial charge < -0.3 is 15.0 Å². The van der Waals surface area contributed by atoms with Crippen molar-refractivity contribution in [3.63, 3.8) is 0 Å². The Morgan fingerprint density at radius 2 is 1.67 bits per heavy atom. The molecule has 1 heterocycles. The summed E-state index contributed by atoms with van der Waals surface area (Å²) < 4.78 is 12.8. The number of hydrogen-bond acceptors (Lipinski definition) is 4. The number of nitrogens with one attached hydrogen (secondary N) is 1. The molecule has 1 fully saturated rings. The summed E-state index contributed by atoms with van der Waals surface area (Å²) in [6, 6.07) is 5.61. The van der Waals surface area contributed by atoms with E-state index in [-0.39, 0.29) is 42.8 Å². The van der Waals surface area contributed by atoms with E-state index in [2.05, 4.69) is 5.32 Å². The van der Waals surface area contributed by atoms with Crippen molar-refractivity contribution in [3.8, 4) is 0 Å². The highest BCUT2D eigenvalue weighted by atomic mass is 19.1. The summed E-state index contributed by atoms with van der Waals surface area (Å²) in [7, 11) is 0. The third-order valence-electron chi connectivity index (χ3n) is 3.91. The van der Waals surface area contributed by atoms with Gasteiger partial charge in [-0.2, -0.15) is 0 Å². The molecular formula is C17H22FN3O3. The Kier molecular flexibility index (Phi) is 6.43. The lowest BCUT2D eigenvalue weighted by Gasteiger charge is -2.34. The molecule has 1 aliphatic heterocycles. The van der Waals surface area contributed by atoms with Gasteiger partial charge in [0.25, 0.3) is 0 Å². The van der Waals surface area contributed by atoms with Crippen molar-refractivity contribution in [1.29, 1.82) is 0 Å². The fourth-order valence-electron chi connectivity index (χ4n) is 2.53. The van der Waals surface area contributed by atoms with Gasteiger partial charge in [-0.25, -0.2) is 4.39 Å². The van der Waals surface area contributed by atoms with E-state index in [1.54, 1.807) is 4.90 Å². The number of carbonyl (C=O) groups is 3. The van der Waals surface area contributed by atoms with E-state index in [0.29, 0.717) is 31.9 Å². The van der Waals surface area contributed by atoms with Gasteiger partial charge in [0.15, 0.2) is 0 Å². The summed E-state index contributed by atoms with van der Waals surface area (Å²) in [5, 5.41) is 2.72. The fourth-order valence-corrected chi connectivity index (χ4v) is 2.53. The molecule has 0 bridgehead atoms.